The van der Waals surface area contributed by atoms with Gasteiger partial charge in [-0.2, -0.15) is 12.7 Å². The summed E-state index contributed by atoms with van der Waals surface area (Å²) in [4.78, 5) is 22.9. The fourth-order valence-corrected chi connectivity index (χ4v) is 4.70. The first-order chi connectivity index (χ1) is 15.7. The number of nitrogens with one attached hydrogen (secondary N) is 2. The van der Waals surface area contributed by atoms with Gasteiger partial charge in [0.15, 0.2) is 5.69 Å². The predicted molar refractivity (Wildman–Crippen MR) is 111 cm³/mol. The summed E-state index contributed by atoms with van der Waals surface area (Å²) < 4.78 is 50.8. The molecule has 0 radical (unpaired) electrons. The van der Waals surface area contributed by atoms with E-state index in [0.29, 0.717) is 12.8 Å². The summed E-state index contributed by atoms with van der Waals surface area (Å²) in [6.07, 6.45) is -1.02. The van der Waals surface area contributed by atoms with E-state index in [1.807, 2.05) is 0 Å². The SMILES string of the molecule is O=C(O)NS(=O)(=O)N1CCC(Nc2nonc2-c2noc(=O)n2-c2ccc(F)c(Br)c2)CC1. The normalized spacial score (nSPS) is 15.5. The van der Waals surface area contributed by atoms with Crippen LogP contribution in [-0.4, -0.2) is 63.1 Å². The third kappa shape index (κ3) is 4.74. The number of rotatable bonds is 6. The molecule has 17 heteroatoms. The lowest BCUT2D eigenvalue weighted by Crippen LogP contribution is -2.48. The Morgan fingerprint density at radius 2 is 1.97 bits per heavy atom. The Morgan fingerprint density at radius 3 is 2.64 bits per heavy atom. The number of amides is 1. The van der Waals surface area contributed by atoms with Crippen LogP contribution in [0.3, 0.4) is 0 Å². The molecule has 3 heterocycles. The fraction of sp³-hybridized carbons (Fsp3) is 0.312. The number of piperidine rings is 1. The molecule has 0 saturated carbocycles. The van der Waals surface area contributed by atoms with E-state index in [4.69, 9.17) is 14.3 Å². The van der Waals surface area contributed by atoms with Crippen molar-refractivity contribution < 1.29 is 31.9 Å². The average molecular weight is 548 g/mol. The van der Waals surface area contributed by atoms with E-state index < -0.39 is 27.9 Å². The minimum atomic E-state index is -4.14. The Bertz CT molecular complexity index is 1350. The highest BCUT2D eigenvalue weighted by molar-refractivity contribution is 9.10. The summed E-state index contributed by atoms with van der Waals surface area (Å²) in [5.41, 5.74) is 0.298. The van der Waals surface area contributed by atoms with Crippen LogP contribution in [0.25, 0.3) is 17.2 Å². The second-order valence-corrected chi connectivity index (χ2v) is 9.42. The quantitative estimate of drug-likeness (QED) is 0.402. The highest BCUT2D eigenvalue weighted by Crippen LogP contribution is 2.27. The predicted octanol–water partition coefficient (Wildman–Crippen LogP) is 1.17. The van der Waals surface area contributed by atoms with Gasteiger partial charge in [0.2, 0.25) is 11.6 Å². The third-order valence-corrected chi connectivity index (χ3v) is 6.90. The van der Waals surface area contributed by atoms with E-state index in [2.05, 4.69) is 36.7 Å². The Kier molecular flexibility index (Phi) is 6.17. The van der Waals surface area contributed by atoms with Crippen molar-refractivity contribution >= 4 is 38.1 Å². The van der Waals surface area contributed by atoms with Crippen molar-refractivity contribution in [1.82, 2.24) is 29.1 Å². The maximum Gasteiger partial charge on any atom is 0.446 e. The van der Waals surface area contributed by atoms with Gasteiger partial charge in [-0.15, -0.1) is 0 Å². The molecule has 4 rings (SSSR count). The molecule has 14 nitrogen and oxygen atoms in total. The molecule has 1 aromatic carbocycles. The van der Waals surface area contributed by atoms with Gasteiger partial charge in [-0.05, 0) is 57.3 Å². The van der Waals surface area contributed by atoms with Crippen molar-refractivity contribution in [1.29, 1.82) is 0 Å². The van der Waals surface area contributed by atoms with Crippen LogP contribution in [0.5, 0.6) is 0 Å². The van der Waals surface area contributed by atoms with Gasteiger partial charge in [0, 0.05) is 19.1 Å². The van der Waals surface area contributed by atoms with Gasteiger partial charge in [0.05, 0.1) is 10.2 Å². The van der Waals surface area contributed by atoms with Crippen LogP contribution < -0.4 is 15.8 Å². The van der Waals surface area contributed by atoms with Crippen LogP contribution >= 0.6 is 15.9 Å². The highest BCUT2D eigenvalue weighted by atomic mass is 79.9. The third-order valence-electron chi connectivity index (χ3n) is 4.82. The Balaban J connectivity index is 1.53. The van der Waals surface area contributed by atoms with Gasteiger partial charge in [0.1, 0.15) is 5.82 Å². The lowest BCUT2D eigenvalue weighted by Gasteiger charge is -2.31. The number of carboxylic acid groups (broad SMARTS) is 1. The molecule has 176 valence electrons. The summed E-state index contributed by atoms with van der Waals surface area (Å²) in [5.74, 6) is -1.29. The van der Waals surface area contributed by atoms with Crippen LogP contribution in [0.1, 0.15) is 12.8 Å². The monoisotopic (exact) mass is 547 g/mol. The minimum absolute atomic E-state index is 0.0453. The summed E-state index contributed by atoms with van der Waals surface area (Å²) in [6, 6.07) is 3.60. The van der Waals surface area contributed by atoms with Gasteiger partial charge in [-0.3, -0.25) is 4.52 Å². The molecule has 1 aliphatic heterocycles. The zero-order chi connectivity index (χ0) is 23.8. The van der Waals surface area contributed by atoms with Crippen LogP contribution in [0.2, 0.25) is 0 Å². The summed E-state index contributed by atoms with van der Waals surface area (Å²) >= 11 is 3.06. The summed E-state index contributed by atoms with van der Waals surface area (Å²) in [6.45, 7) is 0.109. The molecule has 1 amide bonds. The van der Waals surface area contributed by atoms with E-state index in [1.165, 1.54) is 16.9 Å². The lowest BCUT2D eigenvalue weighted by molar-refractivity contribution is 0.199. The van der Waals surface area contributed by atoms with E-state index in [1.54, 1.807) is 0 Å². The Morgan fingerprint density at radius 1 is 1.24 bits per heavy atom. The Labute approximate surface area is 192 Å². The number of halogens is 2. The van der Waals surface area contributed by atoms with E-state index in [9.17, 15) is 22.4 Å². The number of carbonyl (C=O) groups is 1. The van der Waals surface area contributed by atoms with Crippen LogP contribution in [0.15, 0.2) is 36.6 Å². The minimum Gasteiger partial charge on any atom is -0.464 e. The molecule has 0 unspecified atom stereocenters. The van der Waals surface area contributed by atoms with Crippen molar-refractivity contribution in [3.63, 3.8) is 0 Å². The molecule has 3 N–H and O–H groups in total. The van der Waals surface area contributed by atoms with Crippen LogP contribution in [-0.2, 0) is 10.2 Å². The zero-order valence-corrected chi connectivity index (χ0v) is 18.8. The van der Waals surface area contributed by atoms with Gasteiger partial charge in [-0.1, -0.05) is 5.16 Å². The molecule has 0 atom stereocenters. The summed E-state index contributed by atoms with van der Waals surface area (Å²) in [5, 5.41) is 23.0. The first kappa shape index (κ1) is 22.9. The molecule has 0 aliphatic carbocycles. The first-order valence-electron chi connectivity index (χ1n) is 9.30. The fourth-order valence-electron chi connectivity index (χ4n) is 3.29. The smallest absolute Gasteiger partial charge is 0.446 e. The van der Waals surface area contributed by atoms with Crippen molar-refractivity contribution in [2.24, 2.45) is 0 Å². The number of hydrogen-bond acceptors (Lipinski definition) is 10. The van der Waals surface area contributed by atoms with Crippen LogP contribution in [0.4, 0.5) is 15.0 Å². The lowest BCUT2D eigenvalue weighted by atomic mass is 10.1. The van der Waals surface area contributed by atoms with Crippen molar-refractivity contribution in [3.8, 4) is 17.2 Å². The van der Waals surface area contributed by atoms with E-state index >= 15 is 0 Å². The van der Waals surface area contributed by atoms with Crippen molar-refractivity contribution in [2.45, 2.75) is 18.9 Å². The van der Waals surface area contributed by atoms with E-state index in [0.717, 1.165) is 14.9 Å². The maximum atomic E-state index is 13.6. The Hall–Kier alpha value is -3.31. The highest BCUT2D eigenvalue weighted by Gasteiger charge is 2.31. The maximum absolute atomic E-state index is 13.6. The largest absolute Gasteiger partial charge is 0.464 e. The molecule has 33 heavy (non-hydrogen) atoms. The van der Waals surface area contributed by atoms with Gasteiger partial charge >= 0.3 is 22.1 Å². The van der Waals surface area contributed by atoms with Crippen LogP contribution in [0, 0.1) is 5.82 Å². The number of hydrogen-bond donors (Lipinski definition) is 3. The van der Waals surface area contributed by atoms with Crippen molar-refractivity contribution in [3.05, 3.63) is 39.0 Å². The molecule has 0 bridgehead atoms. The molecule has 1 aliphatic rings. The molecule has 0 spiro atoms. The number of aromatic nitrogens is 4. The molecule has 1 fully saturated rings. The van der Waals surface area contributed by atoms with Gasteiger partial charge in [-0.25, -0.2) is 27.9 Å². The van der Waals surface area contributed by atoms with Gasteiger partial charge in [0.25, 0.3) is 0 Å². The van der Waals surface area contributed by atoms with E-state index in [-0.39, 0.29) is 46.6 Å². The molecule has 2 aromatic heterocycles. The van der Waals surface area contributed by atoms with Gasteiger partial charge < -0.3 is 10.4 Å². The number of benzene rings is 1. The molecule has 3 aromatic rings. The number of anilines is 1. The average Bonchev–Trinajstić information content (AvgIpc) is 3.35. The second kappa shape index (κ2) is 8.91. The topological polar surface area (TPSA) is 186 Å². The second-order valence-electron chi connectivity index (χ2n) is 6.90. The summed E-state index contributed by atoms with van der Waals surface area (Å²) in [7, 11) is -4.14. The standard InChI is InChI=1S/C16H15BrFN7O7S/c17-10-7-9(1-2-11(10)18)25-14(22-31-16(25)28)12-13(21-32-20-12)19-8-3-5-24(6-4-8)33(29,30)23-15(26)27/h1-2,7-8,23H,3-6H2,(H,19,21)(H,26,27). The van der Waals surface area contributed by atoms with Crippen molar-refractivity contribution in [2.75, 3.05) is 18.4 Å². The molecule has 1 saturated heterocycles. The zero-order valence-electron chi connectivity index (χ0n) is 16.4. The molecular formula is C16H15BrFN7O7S. The molecular weight excluding hydrogens is 533 g/mol. The number of nitrogens with zero attached hydrogens (tertiary/aromatic N) is 5. The first-order valence-corrected chi connectivity index (χ1v) is 11.5.